The molecule has 48 heavy (non-hydrogen) atoms. The highest BCUT2D eigenvalue weighted by molar-refractivity contribution is 5.55. The van der Waals surface area contributed by atoms with Crippen LogP contribution in [0.2, 0.25) is 0 Å². The van der Waals surface area contributed by atoms with E-state index in [1.807, 2.05) is 6.07 Å². The topological polar surface area (TPSA) is 0 Å². The van der Waals surface area contributed by atoms with Crippen molar-refractivity contribution in [2.24, 2.45) is 0 Å². The summed E-state index contributed by atoms with van der Waals surface area (Å²) in [6.45, 7) is 0. The summed E-state index contributed by atoms with van der Waals surface area (Å²) in [6.07, 6.45) is 64.8. The molecule has 1 aromatic rings. The Hall–Kier alpha value is -6.00. The average Bonchev–Trinajstić information content (AvgIpc) is 3.10. The van der Waals surface area contributed by atoms with Crippen LogP contribution in [0.1, 0.15) is 44.1 Å². The van der Waals surface area contributed by atoms with Crippen molar-refractivity contribution in [3.05, 3.63) is 249 Å². The second-order valence-corrected chi connectivity index (χ2v) is 12.3. The Morgan fingerprint density at radius 3 is 1.77 bits per heavy atom. The third-order valence-electron chi connectivity index (χ3n) is 8.23. The summed E-state index contributed by atoms with van der Waals surface area (Å²) < 4.78 is 0. The zero-order valence-corrected chi connectivity index (χ0v) is 27.1. The fourth-order valence-corrected chi connectivity index (χ4v) is 6.12. The van der Waals surface area contributed by atoms with Crippen LogP contribution in [0.5, 0.6) is 0 Å². The van der Waals surface area contributed by atoms with Gasteiger partial charge in [-0.1, -0.05) is 5.73 Å². The quantitative estimate of drug-likeness (QED) is 0.229. The van der Waals surface area contributed by atoms with Gasteiger partial charge in [-0.15, -0.1) is 0 Å². The van der Waals surface area contributed by atoms with Gasteiger partial charge in [-0.3, -0.25) is 0 Å². The van der Waals surface area contributed by atoms with Crippen LogP contribution < -0.4 is 0 Å². The molecule has 6 aliphatic rings. The van der Waals surface area contributed by atoms with Crippen molar-refractivity contribution in [1.82, 2.24) is 0 Å². The number of benzene rings is 1. The lowest BCUT2D eigenvalue weighted by atomic mass is 9.86. The molecule has 0 aromatic heterocycles. The molecule has 0 saturated carbocycles. The van der Waals surface area contributed by atoms with E-state index in [0.29, 0.717) is 0 Å². The fourth-order valence-electron chi connectivity index (χ4n) is 6.12. The molecule has 0 atom stereocenters. The molecular weight excluding hydrogens is 577 g/mol. The lowest BCUT2D eigenvalue weighted by Gasteiger charge is -2.05. The summed E-state index contributed by atoms with van der Waals surface area (Å²) in [4.78, 5) is 0. The van der Waals surface area contributed by atoms with Crippen LogP contribution in [-0.4, -0.2) is 0 Å². The lowest BCUT2D eigenvalue weighted by Crippen LogP contribution is -2.01. The second kappa shape index (κ2) is 15.1. The van der Waals surface area contributed by atoms with Crippen LogP contribution >= 0.6 is 0 Å². The summed E-state index contributed by atoms with van der Waals surface area (Å²) in [5.74, 6) is 0. The van der Waals surface area contributed by atoms with Crippen molar-refractivity contribution in [1.29, 1.82) is 0 Å². The SMILES string of the molecule is C(=C1C=C([C+]=C2C=CCC=C2)CC([C+]=C2C=CCC=C2)=C1)=C1C=C([C+]=C2C=C([C+]=C3C=CCC=C3)[CH+]C(=[C+]c3ccccc3)C2)C=CC1. The number of allylic oxidation sites excluding steroid dienone is 32. The van der Waals surface area contributed by atoms with Crippen LogP contribution in [0.15, 0.2) is 207 Å². The molecule has 6 aliphatic carbocycles. The maximum Gasteiger partial charge on any atom is 0.274 e. The minimum Gasteiger partial charge on any atom is -0.0766 e. The summed E-state index contributed by atoms with van der Waals surface area (Å²) in [7, 11) is 0. The molecule has 0 aliphatic heterocycles. The van der Waals surface area contributed by atoms with Gasteiger partial charge in [-0.05, 0) is 48.6 Å². The zero-order chi connectivity index (χ0) is 32.4. The highest BCUT2D eigenvalue weighted by Crippen LogP contribution is 2.31. The molecule has 0 spiro atoms. The van der Waals surface area contributed by atoms with Crippen molar-refractivity contribution in [3.63, 3.8) is 0 Å². The average molecular weight is 613 g/mol. The van der Waals surface area contributed by atoms with Gasteiger partial charge in [-0.2, -0.15) is 0 Å². The van der Waals surface area contributed by atoms with E-state index in [4.69, 9.17) is 0 Å². The van der Waals surface area contributed by atoms with Gasteiger partial charge in [-0.25, -0.2) is 0 Å². The minimum absolute atomic E-state index is 0.755. The van der Waals surface area contributed by atoms with Gasteiger partial charge in [0, 0.05) is 110 Å². The molecule has 0 heteroatoms. The first-order valence-electron chi connectivity index (χ1n) is 16.8. The highest BCUT2D eigenvalue weighted by atomic mass is 14.2. The van der Waals surface area contributed by atoms with E-state index in [1.54, 1.807) is 0 Å². The molecule has 0 N–H and O–H groups in total. The Morgan fingerprint density at radius 2 is 1.15 bits per heavy atom. The second-order valence-electron chi connectivity index (χ2n) is 12.3. The summed E-state index contributed by atoms with van der Waals surface area (Å²) in [6, 6.07) is 10.3. The highest BCUT2D eigenvalue weighted by Gasteiger charge is 2.31. The van der Waals surface area contributed by atoms with Gasteiger partial charge in [0.2, 0.25) is 11.1 Å². The lowest BCUT2D eigenvalue weighted by molar-refractivity contribution is 1.09. The van der Waals surface area contributed by atoms with Crippen molar-refractivity contribution < 1.29 is 0 Å². The largest absolute Gasteiger partial charge is 0.274 e. The smallest absolute Gasteiger partial charge is 0.0766 e. The molecular formula is C48H36+6. The van der Waals surface area contributed by atoms with E-state index in [0.717, 1.165) is 105 Å². The Bertz CT molecular complexity index is 1920. The maximum absolute atomic E-state index is 3.73. The number of rotatable bonds is 5. The van der Waals surface area contributed by atoms with Crippen molar-refractivity contribution in [3.8, 4) is 0 Å². The van der Waals surface area contributed by atoms with Crippen LogP contribution in [0.4, 0.5) is 0 Å². The predicted octanol–water partition coefficient (Wildman–Crippen LogP) is 11.4. The van der Waals surface area contributed by atoms with Crippen molar-refractivity contribution >= 4 is 0 Å². The van der Waals surface area contributed by atoms with Crippen molar-refractivity contribution in [2.45, 2.75) is 38.5 Å². The summed E-state index contributed by atoms with van der Waals surface area (Å²) >= 11 is 0. The van der Waals surface area contributed by atoms with E-state index in [1.165, 1.54) is 0 Å². The van der Waals surface area contributed by atoms with Gasteiger partial charge in [0.15, 0.2) is 11.6 Å². The normalized spacial score (nSPS) is 21.0. The third kappa shape index (κ3) is 8.62. The molecule has 7 rings (SSSR count). The molecule has 0 saturated heterocycles. The van der Waals surface area contributed by atoms with Crippen LogP contribution in [0.25, 0.3) is 0 Å². The van der Waals surface area contributed by atoms with Crippen molar-refractivity contribution in [2.75, 3.05) is 0 Å². The molecule has 0 bridgehead atoms. The van der Waals surface area contributed by atoms with Crippen LogP contribution in [0.3, 0.4) is 0 Å². The summed E-state index contributed by atoms with van der Waals surface area (Å²) in [5.41, 5.74) is 16.8. The van der Waals surface area contributed by atoms with Gasteiger partial charge < -0.3 is 0 Å². The van der Waals surface area contributed by atoms with E-state index in [-0.39, 0.29) is 0 Å². The van der Waals surface area contributed by atoms with Crippen LogP contribution in [0, 0.1) is 36.8 Å². The molecule has 0 radical (unpaired) electrons. The molecule has 0 nitrogen and oxygen atoms in total. The summed E-state index contributed by atoms with van der Waals surface area (Å²) in [5, 5.41) is 0. The van der Waals surface area contributed by atoms with Gasteiger partial charge in [0.25, 0.3) is 5.56 Å². The van der Waals surface area contributed by atoms with Gasteiger partial charge in [0.05, 0.1) is 36.1 Å². The first kappa shape index (κ1) is 30.6. The maximum atomic E-state index is 3.73. The molecule has 222 valence electrons. The minimum atomic E-state index is 0.755. The molecule has 0 fully saturated rings. The van der Waals surface area contributed by atoms with Gasteiger partial charge in [0.1, 0.15) is 58.6 Å². The third-order valence-corrected chi connectivity index (χ3v) is 8.23. The van der Waals surface area contributed by atoms with Crippen LogP contribution in [-0.2, 0) is 0 Å². The first-order chi connectivity index (χ1) is 23.7. The Labute approximate surface area is 286 Å². The Balaban J connectivity index is 1.23. The van der Waals surface area contributed by atoms with Gasteiger partial charge >= 0.3 is 0 Å². The number of hydrogen-bond acceptors (Lipinski definition) is 0. The fraction of sp³-hybridized carbons (Fsp3) is 0.125. The molecule has 0 unspecified atom stereocenters. The Morgan fingerprint density at radius 1 is 0.542 bits per heavy atom. The predicted molar refractivity (Wildman–Crippen MR) is 198 cm³/mol. The number of hydrogen-bond donors (Lipinski definition) is 0. The van der Waals surface area contributed by atoms with E-state index in [9.17, 15) is 0 Å². The zero-order valence-electron chi connectivity index (χ0n) is 27.1. The van der Waals surface area contributed by atoms with E-state index in [2.05, 4.69) is 176 Å². The Kier molecular flexibility index (Phi) is 9.61. The molecule has 0 heterocycles. The molecule has 1 aromatic carbocycles. The first-order valence-corrected chi connectivity index (χ1v) is 16.8. The molecule has 0 amide bonds. The monoisotopic (exact) mass is 612 g/mol. The van der Waals surface area contributed by atoms with E-state index >= 15 is 0 Å². The standard InChI is InChI=1S/C48H36/c1-5-14-37(15-6-1)24-43-31-44(25-38-16-7-2-8-17-38)34-47(33-43)29-41-22-13-23-42(28-41)30-48-35-45(26-39-18-9-3-10-19-39)32-46(36-48)27-40-20-11-4-12-21-40/h1,5-22,28,31,34-36H,2-4,23,32-33H2/q+6. The van der Waals surface area contributed by atoms with E-state index < -0.39 is 0 Å².